The van der Waals surface area contributed by atoms with Gasteiger partial charge >= 0.3 is 0 Å². The summed E-state index contributed by atoms with van der Waals surface area (Å²) in [5.74, 6) is 0. The number of aromatic amines is 1. The SMILES string of the molecule is Cc1ccc(-c2c(-c3ccc(S(N)(=O)=O)cc3)n[nH]c2C(F)F)cc1. The normalized spacial score (nSPS) is 11.9. The van der Waals surface area contributed by atoms with Crippen LogP contribution in [-0.2, 0) is 10.0 Å². The van der Waals surface area contributed by atoms with Crippen LogP contribution in [0.4, 0.5) is 8.78 Å². The second-order valence-corrected chi connectivity index (χ2v) is 7.16. The third-order valence-corrected chi connectivity index (χ3v) is 4.74. The Balaban J connectivity index is 2.15. The Kier molecular flexibility index (Phi) is 4.40. The van der Waals surface area contributed by atoms with Gasteiger partial charge in [-0.25, -0.2) is 22.3 Å². The highest BCUT2D eigenvalue weighted by atomic mass is 32.2. The number of rotatable bonds is 4. The fourth-order valence-electron chi connectivity index (χ4n) is 2.54. The van der Waals surface area contributed by atoms with E-state index in [-0.39, 0.29) is 10.6 Å². The molecule has 3 aromatic rings. The van der Waals surface area contributed by atoms with Gasteiger partial charge in [-0.3, -0.25) is 5.10 Å². The number of nitrogens with one attached hydrogen (secondary N) is 1. The Hall–Kier alpha value is -2.58. The first kappa shape index (κ1) is 17.2. The highest BCUT2D eigenvalue weighted by molar-refractivity contribution is 7.89. The number of benzene rings is 2. The topological polar surface area (TPSA) is 88.8 Å². The lowest BCUT2D eigenvalue weighted by Crippen LogP contribution is -2.11. The van der Waals surface area contributed by atoms with E-state index >= 15 is 0 Å². The van der Waals surface area contributed by atoms with Crippen molar-refractivity contribution in [3.05, 3.63) is 59.8 Å². The van der Waals surface area contributed by atoms with Gasteiger partial charge in [0.2, 0.25) is 10.0 Å². The largest absolute Gasteiger partial charge is 0.280 e. The molecule has 0 aliphatic carbocycles. The molecule has 5 nitrogen and oxygen atoms in total. The monoisotopic (exact) mass is 363 g/mol. The molecule has 0 saturated heterocycles. The van der Waals surface area contributed by atoms with Gasteiger partial charge < -0.3 is 0 Å². The number of nitrogens with zero attached hydrogens (tertiary/aromatic N) is 1. The molecule has 0 radical (unpaired) electrons. The molecule has 0 unspecified atom stereocenters. The third-order valence-electron chi connectivity index (χ3n) is 3.81. The zero-order valence-electron chi connectivity index (χ0n) is 13.2. The van der Waals surface area contributed by atoms with Crippen molar-refractivity contribution in [3.63, 3.8) is 0 Å². The minimum atomic E-state index is -3.83. The molecule has 0 aliphatic rings. The summed E-state index contributed by atoms with van der Waals surface area (Å²) in [5.41, 5.74) is 2.43. The second-order valence-electron chi connectivity index (χ2n) is 5.60. The van der Waals surface area contributed by atoms with Gasteiger partial charge in [0, 0.05) is 11.1 Å². The maximum atomic E-state index is 13.4. The van der Waals surface area contributed by atoms with E-state index in [4.69, 9.17) is 5.14 Å². The van der Waals surface area contributed by atoms with E-state index in [1.807, 2.05) is 19.1 Å². The predicted molar refractivity (Wildman–Crippen MR) is 90.5 cm³/mol. The summed E-state index contributed by atoms with van der Waals surface area (Å²) in [6, 6.07) is 12.8. The molecule has 3 N–H and O–H groups in total. The van der Waals surface area contributed by atoms with Crippen LogP contribution in [-0.4, -0.2) is 18.6 Å². The smallest absolute Gasteiger partial charge is 0.275 e. The molecule has 130 valence electrons. The van der Waals surface area contributed by atoms with Crippen LogP contribution < -0.4 is 5.14 Å². The van der Waals surface area contributed by atoms with E-state index in [9.17, 15) is 17.2 Å². The molecule has 0 saturated carbocycles. The summed E-state index contributed by atoms with van der Waals surface area (Å²) >= 11 is 0. The molecule has 25 heavy (non-hydrogen) atoms. The summed E-state index contributed by atoms with van der Waals surface area (Å²) in [6.07, 6.45) is -2.72. The summed E-state index contributed by atoms with van der Waals surface area (Å²) in [7, 11) is -3.83. The summed E-state index contributed by atoms with van der Waals surface area (Å²) in [5, 5.41) is 11.5. The number of hydrogen-bond acceptors (Lipinski definition) is 3. The number of primary sulfonamides is 1. The van der Waals surface area contributed by atoms with Gasteiger partial charge in [-0.15, -0.1) is 0 Å². The molecule has 8 heteroatoms. The standard InChI is InChI=1S/C17H15F2N3O2S/c1-10-2-4-11(5-3-10)14-15(21-22-16(14)17(18)19)12-6-8-13(9-7-12)25(20,23)24/h2-9,17H,1H3,(H,21,22)(H2,20,23,24). The number of alkyl halides is 2. The van der Waals surface area contributed by atoms with Crippen LogP contribution in [0.25, 0.3) is 22.4 Å². The lowest BCUT2D eigenvalue weighted by Gasteiger charge is -2.07. The van der Waals surface area contributed by atoms with E-state index in [0.29, 0.717) is 22.4 Å². The fraction of sp³-hybridized carbons (Fsp3) is 0.118. The Morgan fingerprint density at radius 1 is 1.00 bits per heavy atom. The van der Waals surface area contributed by atoms with Crippen molar-refractivity contribution in [3.8, 4) is 22.4 Å². The van der Waals surface area contributed by atoms with E-state index in [1.165, 1.54) is 24.3 Å². The average Bonchev–Trinajstić information content (AvgIpc) is 3.00. The van der Waals surface area contributed by atoms with Crippen LogP contribution in [0.2, 0.25) is 0 Å². The molecule has 0 atom stereocenters. The Bertz CT molecular complexity index is 995. The summed E-state index contributed by atoms with van der Waals surface area (Å²) in [6.45, 7) is 1.90. The van der Waals surface area contributed by atoms with Crippen molar-refractivity contribution in [1.29, 1.82) is 0 Å². The molecule has 1 heterocycles. The van der Waals surface area contributed by atoms with Gasteiger partial charge in [-0.1, -0.05) is 42.0 Å². The minimum Gasteiger partial charge on any atom is -0.275 e. The van der Waals surface area contributed by atoms with Crippen LogP contribution in [0.15, 0.2) is 53.4 Å². The van der Waals surface area contributed by atoms with Crippen LogP contribution in [0.3, 0.4) is 0 Å². The Labute approximate surface area is 143 Å². The Morgan fingerprint density at radius 2 is 1.56 bits per heavy atom. The summed E-state index contributed by atoms with van der Waals surface area (Å²) in [4.78, 5) is -0.0576. The minimum absolute atomic E-state index is 0.0576. The number of sulfonamides is 1. The molecule has 2 aromatic carbocycles. The van der Waals surface area contributed by atoms with Gasteiger partial charge in [-0.2, -0.15) is 5.10 Å². The zero-order valence-corrected chi connectivity index (χ0v) is 14.0. The zero-order chi connectivity index (χ0) is 18.2. The van der Waals surface area contributed by atoms with E-state index in [2.05, 4.69) is 10.2 Å². The maximum Gasteiger partial charge on any atom is 0.280 e. The molecule has 0 amide bonds. The van der Waals surface area contributed by atoms with Crippen molar-refractivity contribution in [2.45, 2.75) is 18.2 Å². The van der Waals surface area contributed by atoms with Crippen LogP contribution in [0.1, 0.15) is 17.7 Å². The summed E-state index contributed by atoms with van der Waals surface area (Å²) < 4.78 is 49.5. The fourth-order valence-corrected chi connectivity index (χ4v) is 3.05. The first-order chi connectivity index (χ1) is 11.8. The van der Waals surface area contributed by atoms with Crippen molar-refractivity contribution >= 4 is 10.0 Å². The molecule has 1 aromatic heterocycles. The van der Waals surface area contributed by atoms with Gasteiger partial charge in [-0.05, 0) is 24.6 Å². The lowest BCUT2D eigenvalue weighted by atomic mass is 9.98. The number of halogens is 2. The molecule has 3 rings (SSSR count). The quantitative estimate of drug-likeness (QED) is 0.742. The highest BCUT2D eigenvalue weighted by Gasteiger charge is 2.22. The van der Waals surface area contributed by atoms with Crippen LogP contribution in [0.5, 0.6) is 0 Å². The highest BCUT2D eigenvalue weighted by Crippen LogP contribution is 2.37. The van der Waals surface area contributed by atoms with Crippen molar-refractivity contribution < 1.29 is 17.2 Å². The average molecular weight is 363 g/mol. The first-order valence-electron chi connectivity index (χ1n) is 7.34. The number of H-pyrrole nitrogens is 1. The van der Waals surface area contributed by atoms with Gasteiger partial charge in [0.25, 0.3) is 6.43 Å². The molecule has 0 spiro atoms. The van der Waals surface area contributed by atoms with Gasteiger partial charge in [0.05, 0.1) is 4.90 Å². The van der Waals surface area contributed by atoms with Crippen LogP contribution in [0, 0.1) is 6.92 Å². The Morgan fingerprint density at radius 3 is 2.08 bits per heavy atom. The lowest BCUT2D eigenvalue weighted by molar-refractivity contribution is 0.146. The number of hydrogen-bond donors (Lipinski definition) is 2. The first-order valence-corrected chi connectivity index (χ1v) is 8.88. The molecular formula is C17H15F2N3O2S. The second kappa shape index (κ2) is 6.38. The van der Waals surface area contributed by atoms with Gasteiger partial charge in [0.1, 0.15) is 11.4 Å². The number of aryl methyl sites for hydroxylation is 1. The van der Waals surface area contributed by atoms with E-state index in [1.54, 1.807) is 12.1 Å². The van der Waals surface area contributed by atoms with Crippen molar-refractivity contribution in [2.75, 3.05) is 0 Å². The van der Waals surface area contributed by atoms with E-state index in [0.717, 1.165) is 5.56 Å². The van der Waals surface area contributed by atoms with Crippen molar-refractivity contribution in [1.82, 2.24) is 10.2 Å². The molecule has 0 aliphatic heterocycles. The maximum absolute atomic E-state index is 13.4. The molecular weight excluding hydrogens is 348 g/mol. The van der Waals surface area contributed by atoms with Gasteiger partial charge in [0.15, 0.2) is 0 Å². The van der Waals surface area contributed by atoms with Crippen LogP contribution >= 0.6 is 0 Å². The molecule has 0 bridgehead atoms. The molecule has 0 fully saturated rings. The third kappa shape index (κ3) is 3.45. The number of nitrogens with two attached hydrogens (primary N) is 1. The van der Waals surface area contributed by atoms with E-state index < -0.39 is 16.4 Å². The number of aromatic nitrogens is 2. The van der Waals surface area contributed by atoms with Crippen molar-refractivity contribution in [2.24, 2.45) is 5.14 Å². The predicted octanol–water partition coefficient (Wildman–Crippen LogP) is 3.64.